The first kappa shape index (κ1) is 10.1. The van der Waals surface area contributed by atoms with Gasteiger partial charge in [-0.25, -0.2) is 4.98 Å². The van der Waals surface area contributed by atoms with Crippen LogP contribution in [-0.4, -0.2) is 10.9 Å². The summed E-state index contributed by atoms with van der Waals surface area (Å²) in [6.45, 7) is 1.94. The lowest BCUT2D eigenvalue weighted by Crippen LogP contribution is -2.11. The van der Waals surface area contributed by atoms with Crippen LogP contribution in [0, 0.1) is 6.92 Å². The first-order valence-electron chi connectivity index (χ1n) is 4.23. The molecule has 0 radical (unpaired) electrons. The van der Waals surface area contributed by atoms with Crippen molar-refractivity contribution in [1.82, 2.24) is 4.98 Å². The van der Waals surface area contributed by atoms with Crippen LogP contribution in [0.15, 0.2) is 17.6 Å². The van der Waals surface area contributed by atoms with Gasteiger partial charge in [0.1, 0.15) is 4.88 Å². The Balaban J connectivity index is 2.14. The van der Waals surface area contributed by atoms with Crippen molar-refractivity contribution >= 4 is 39.4 Å². The van der Waals surface area contributed by atoms with E-state index < -0.39 is 0 Å². The van der Waals surface area contributed by atoms with Gasteiger partial charge in [0.2, 0.25) is 0 Å². The van der Waals surface area contributed by atoms with Crippen molar-refractivity contribution in [3.8, 4) is 0 Å². The zero-order valence-electron chi connectivity index (χ0n) is 7.98. The van der Waals surface area contributed by atoms with Crippen molar-refractivity contribution in [2.75, 3.05) is 11.1 Å². The average molecular weight is 239 g/mol. The maximum atomic E-state index is 11.7. The highest BCUT2D eigenvalue weighted by molar-refractivity contribution is 7.16. The van der Waals surface area contributed by atoms with Gasteiger partial charge in [0.25, 0.3) is 5.91 Å². The number of aromatic nitrogens is 1. The lowest BCUT2D eigenvalue weighted by Gasteiger charge is -1.99. The van der Waals surface area contributed by atoms with Gasteiger partial charge >= 0.3 is 0 Å². The van der Waals surface area contributed by atoms with Gasteiger partial charge in [0, 0.05) is 11.1 Å². The van der Waals surface area contributed by atoms with Gasteiger partial charge in [-0.3, -0.25) is 10.1 Å². The van der Waals surface area contributed by atoms with Crippen LogP contribution in [0.1, 0.15) is 14.5 Å². The minimum atomic E-state index is -0.197. The number of nitrogen functional groups attached to an aromatic ring is 1. The van der Waals surface area contributed by atoms with Crippen LogP contribution >= 0.6 is 22.7 Å². The number of thiazole rings is 1. The zero-order valence-corrected chi connectivity index (χ0v) is 9.61. The third-order valence-corrected chi connectivity index (χ3v) is 3.50. The molecule has 0 saturated carbocycles. The molecule has 6 heteroatoms. The predicted molar refractivity (Wildman–Crippen MR) is 63.5 cm³/mol. The molecule has 2 heterocycles. The SMILES string of the molecule is Cc1cnc(NC(=O)c2sccc2N)s1. The van der Waals surface area contributed by atoms with Crippen LogP contribution < -0.4 is 11.1 Å². The predicted octanol–water partition coefficient (Wildman–Crippen LogP) is 2.35. The normalized spacial score (nSPS) is 10.2. The molecule has 0 atom stereocenters. The number of carbonyl (C=O) groups is 1. The number of hydrogen-bond acceptors (Lipinski definition) is 5. The van der Waals surface area contributed by atoms with Crippen LogP contribution in [0.2, 0.25) is 0 Å². The molecule has 0 aromatic carbocycles. The van der Waals surface area contributed by atoms with Crippen molar-refractivity contribution in [2.45, 2.75) is 6.92 Å². The lowest BCUT2D eigenvalue weighted by molar-refractivity contribution is 0.103. The molecule has 15 heavy (non-hydrogen) atoms. The number of hydrogen-bond donors (Lipinski definition) is 2. The van der Waals surface area contributed by atoms with Gasteiger partial charge in [0.05, 0.1) is 5.69 Å². The Morgan fingerprint density at radius 2 is 2.40 bits per heavy atom. The summed E-state index contributed by atoms with van der Waals surface area (Å²) in [5.74, 6) is -0.197. The van der Waals surface area contributed by atoms with Gasteiger partial charge in [-0.15, -0.1) is 22.7 Å². The van der Waals surface area contributed by atoms with E-state index in [1.165, 1.54) is 22.7 Å². The number of aryl methyl sites for hydroxylation is 1. The summed E-state index contributed by atoms with van der Waals surface area (Å²) in [5.41, 5.74) is 6.14. The minimum Gasteiger partial charge on any atom is -0.397 e. The highest BCUT2D eigenvalue weighted by Crippen LogP contribution is 2.22. The van der Waals surface area contributed by atoms with Gasteiger partial charge in [-0.05, 0) is 18.4 Å². The van der Waals surface area contributed by atoms with Crippen LogP contribution in [0.25, 0.3) is 0 Å². The fourth-order valence-electron chi connectivity index (χ4n) is 1.07. The summed E-state index contributed by atoms with van der Waals surface area (Å²) in [5, 5.41) is 5.10. The molecule has 4 nitrogen and oxygen atoms in total. The Kier molecular flexibility index (Phi) is 2.70. The summed E-state index contributed by atoms with van der Waals surface area (Å²) < 4.78 is 0. The number of rotatable bonds is 2. The molecule has 0 bridgehead atoms. The smallest absolute Gasteiger partial charge is 0.269 e. The van der Waals surface area contributed by atoms with Crippen LogP contribution in [0.3, 0.4) is 0 Å². The number of anilines is 2. The summed E-state index contributed by atoms with van der Waals surface area (Å²) in [6.07, 6.45) is 1.72. The van der Waals surface area contributed by atoms with E-state index in [9.17, 15) is 4.79 Å². The number of thiophene rings is 1. The van der Waals surface area contributed by atoms with Gasteiger partial charge in [-0.2, -0.15) is 0 Å². The van der Waals surface area contributed by atoms with Crippen molar-refractivity contribution in [3.05, 3.63) is 27.4 Å². The molecule has 0 spiro atoms. The number of nitrogens with two attached hydrogens (primary N) is 1. The van der Waals surface area contributed by atoms with E-state index in [0.29, 0.717) is 15.7 Å². The first-order chi connectivity index (χ1) is 7.16. The van der Waals surface area contributed by atoms with Crippen molar-refractivity contribution in [3.63, 3.8) is 0 Å². The molecule has 0 fully saturated rings. The van der Waals surface area contributed by atoms with E-state index in [0.717, 1.165) is 4.88 Å². The van der Waals surface area contributed by atoms with E-state index >= 15 is 0 Å². The standard InChI is InChI=1S/C9H9N3OS2/c1-5-4-11-9(15-5)12-8(13)7-6(10)2-3-14-7/h2-4H,10H2,1H3,(H,11,12,13). The summed E-state index contributed by atoms with van der Waals surface area (Å²) in [4.78, 5) is 17.3. The number of nitrogens with one attached hydrogen (secondary N) is 1. The maximum absolute atomic E-state index is 11.7. The molecule has 2 aromatic heterocycles. The largest absolute Gasteiger partial charge is 0.397 e. The Morgan fingerprint density at radius 1 is 1.60 bits per heavy atom. The highest BCUT2D eigenvalue weighted by Gasteiger charge is 2.12. The molecule has 0 aliphatic rings. The second kappa shape index (κ2) is 4.00. The molecule has 0 aliphatic heterocycles. The fourth-order valence-corrected chi connectivity index (χ4v) is 2.44. The van der Waals surface area contributed by atoms with Crippen molar-refractivity contribution in [2.24, 2.45) is 0 Å². The third kappa shape index (κ3) is 2.16. The van der Waals surface area contributed by atoms with E-state index in [2.05, 4.69) is 10.3 Å². The average Bonchev–Trinajstić information content (AvgIpc) is 2.75. The topological polar surface area (TPSA) is 68.0 Å². The Morgan fingerprint density at radius 3 is 2.93 bits per heavy atom. The molecule has 1 amide bonds. The maximum Gasteiger partial charge on any atom is 0.269 e. The second-order valence-electron chi connectivity index (χ2n) is 2.94. The van der Waals surface area contributed by atoms with Gasteiger partial charge in [-0.1, -0.05) is 0 Å². The fraction of sp³-hybridized carbons (Fsp3) is 0.111. The second-order valence-corrected chi connectivity index (χ2v) is 5.09. The van der Waals surface area contributed by atoms with E-state index in [4.69, 9.17) is 5.73 Å². The molecule has 0 saturated heterocycles. The Bertz CT molecular complexity index is 489. The third-order valence-electron chi connectivity index (χ3n) is 1.74. The highest BCUT2D eigenvalue weighted by atomic mass is 32.1. The van der Waals surface area contributed by atoms with Crippen LogP contribution in [0.5, 0.6) is 0 Å². The Labute approximate surface area is 94.8 Å². The quantitative estimate of drug-likeness (QED) is 0.845. The van der Waals surface area contributed by atoms with E-state index in [-0.39, 0.29) is 5.91 Å². The molecule has 0 unspecified atom stereocenters. The molecule has 3 N–H and O–H groups in total. The Hall–Kier alpha value is -1.40. The lowest BCUT2D eigenvalue weighted by atomic mass is 10.4. The molecule has 78 valence electrons. The number of nitrogens with zero attached hydrogens (tertiary/aromatic N) is 1. The summed E-state index contributed by atoms with van der Waals surface area (Å²) in [6, 6.07) is 1.71. The molecular formula is C9H9N3OS2. The molecule has 2 aromatic rings. The summed E-state index contributed by atoms with van der Waals surface area (Å²) >= 11 is 2.76. The minimum absolute atomic E-state index is 0.197. The number of carbonyl (C=O) groups excluding carboxylic acids is 1. The van der Waals surface area contributed by atoms with Gasteiger partial charge < -0.3 is 5.73 Å². The van der Waals surface area contributed by atoms with Gasteiger partial charge in [0.15, 0.2) is 5.13 Å². The van der Waals surface area contributed by atoms with Crippen LogP contribution in [0.4, 0.5) is 10.8 Å². The monoisotopic (exact) mass is 239 g/mol. The first-order valence-corrected chi connectivity index (χ1v) is 5.93. The van der Waals surface area contributed by atoms with Crippen LogP contribution in [-0.2, 0) is 0 Å². The zero-order chi connectivity index (χ0) is 10.8. The van der Waals surface area contributed by atoms with Crippen molar-refractivity contribution in [1.29, 1.82) is 0 Å². The number of amides is 1. The van der Waals surface area contributed by atoms with E-state index in [1.807, 2.05) is 6.92 Å². The summed E-state index contributed by atoms with van der Waals surface area (Å²) in [7, 11) is 0. The molecule has 0 aliphatic carbocycles. The molecular weight excluding hydrogens is 230 g/mol. The van der Waals surface area contributed by atoms with Crippen molar-refractivity contribution < 1.29 is 4.79 Å². The molecule has 2 rings (SSSR count). The van der Waals surface area contributed by atoms with E-state index in [1.54, 1.807) is 17.6 Å².